The van der Waals surface area contributed by atoms with Gasteiger partial charge in [0.05, 0.1) is 18.8 Å². The Balaban J connectivity index is 2.11. The minimum absolute atomic E-state index is 0.201. The number of hydrogen-bond donors (Lipinski definition) is 1. The Morgan fingerprint density at radius 2 is 1.92 bits per heavy atom. The molecule has 0 bridgehead atoms. The molecule has 0 aromatic heterocycles. The Morgan fingerprint density at radius 3 is 2.54 bits per heavy atom. The molecule has 13 heavy (non-hydrogen) atoms. The molecular formula is C10H18O3. The van der Waals surface area contributed by atoms with Gasteiger partial charge in [-0.1, -0.05) is 13.8 Å². The summed E-state index contributed by atoms with van der Waals surface area (Å²) in [7, 11) is 0. The molecule has 0 aromatic rings. The lowest BCUT2D eigenvalue weighted by Gasteiger charge is -2.17. The van der Waals surface area contributed by atoms with E-state index in [1.54, 1.807) is 0 Å². The van der Waals surface area contributed by atoms with E-state index in [2.05, 4.69) is 13.8 Å². The van der Waals surface area contributed by atoms with Crippen LogP contribution in [-0.4, -0.2) is 30.2 Å². The lowest BCUT2D eigenvalue weighted by atomic mass is 9.87. The van der Waals surface area contributed by atoms with Crippen molar-refractivity contribution in [1.82, 2.24) is 0 Å². The Hall–Kier alpha value is -0.120. The highest BCUT2D eigenvalue weighted by molar-refractivity contribution is 4.94. The van der Waals surface area contributed by atoms with Crippen LogP contribution in [-0.2, 0) is 9.47 Å². The summed E-state index contributed by atoms with van der Waals surface area (Å²) in [6.07, 6.45) is 1.90. The Kier molecular flexibility index (Phi) is 2.58. The van der Waals surface area contributed by atoms with E-state index < -0.39 is 6.29 Å². The first-order chi connectivity index (χ1) is 6.27. The van der Waals surface area contributed by atoms with Crippen molar-refractivity contribution in [2.45, 2.75) is 45.2 Å². The topological polar surface area (TPSA) is 38.7 Å². The lowest BCUT2D eigenvalue weighted by Crippen LogP contribution is -2.26. The van der Waals surface area contributed by atoms with E-state index in [0.29, 0.717) is 18.6 Å². The molecule has 1 N–H and O–H groups in total. The molecule has 2 saturated heterocycles. The molecule has 0 aromatic carbocycles. The Morgan fingerprint density at radius 1 is 1.23 bits per heavy atom. The summed E-state index contributed by atoms with van der Waals surface area (Å²) in [5.41, 5.74) is 0. The fourth-order valence-corrected chi connectivity index (χ4v) is 2.64. The zero-order valence-corrected chi connectivity index (χ0v) is 8.27. The van der Waals surface area contributed by atoms with Crippen LogP contribution in [0.25, 0.3) is 0 Å². The van der Waals surface area contributed by atoms with E-state index in [-0.39, 0.29) is 12.0 Å². The van der Waals surface area contributed by atoms with Crippen molar-refractivity contribution in [3.05, 3.63) is 0 Å². The van der Waals surface area contributed by atoms with Crippen LogP contribution >= 0.6 is 0 Å². The van der Waals surface area contributed by atoms with Crippen molar-refractivity contribution in [3.8, 4) is 0 Å². The molecular weight excluding hydrogens is 168 g/mol. The third-order valence-corrected chi connectivity index (χ3v) is 3.34. The molecule has 2 heterocycles. The predicted molar refractivity (Wildman–Crippen MR) is 48.2 cm³/mol. The molecule has 0 radical (unpaired) electrons. The second-order valence-corrected chi connectivity index (χ2v) is 3.99. The minimum atomic E-state index is -0.591. The summed E-state index contributed by atoms with van der Waals surface area (Å²) in [5.74, 6) is 0.639. The van der Waals surface area contributed by atoms with Crippen LogP contribution in [0.2, 0.25) is 0 Å². The van der Waals surface area contributed by atoms with E-state index in [1.165, 1.54) is 0 Å². The van der Waals surface area contributed by atoms with Gasteiger partial charge in [-0.05, 0) is 12.8 Å². The maximum absolute atomic E-state index is 9.61. The normalized spacial score (nSPS) is 49.6. The van der Waals surface area contributed by atoms with Crippen LogP contribution in [0, 0.1) is 11.8 Å². The van der Waals surface area contributed by atoms with Gasteiger partial charge in [-0.15, -0.1) is 0 Å². The lowest BCUT2D eigenvalue weighted by molar-refractivity contribution is -0.115. The van der Waals surface area contributed by atoms with Gasteiger partial charge in [-0.2, -0.15) is 0 Å². The van der Waals surface area contributed by atoms with Gasteiger partial charge in [-0.25, -0.2) is 0 Å². The van der Waals surface area contributed by atoms with Crippen LogP contribution in [0.1, 0.15) is 26.7 Å². The zero-order valence-electron chi connectivity index (χ0n) is 8.27. The number of fused-ring (bicyclic) bond motifs is 1. The van der Waals surface area contributed by atoms with Gasteiger partial charge in [0.2, 0.25) is 0 Å². The molecule has 2 fully saturated rings. The molecule has 3 heteroatoms. The Bertz CT molecular complexity index is 183. The Labute approximate surface area is 79.0 Å². The number of hydrogen-bond acceptors (Lipinski definition) is 3. The van der Waals surface area contributed by atoms with Crippen molar-refractivity contribution in [2.24, 2.45) is 11.8 Å². The summed E-state index contributed by atoms with van der Waals surface area (Å²) in [6.45, 7) is 4.90. The van der Waals surface area contributed by atoms with Gasteiger partial charge in [-0.3, -0.25) is 0 Å². The second kappa shape index (κ2) is 3.56. The third-order valence-electron chi connectivity index (χ3n) is 3.34. The maximum atomic E-state index is 9.61. The van der Waals surface area contributed by atoms with Crippen LogP contribution in [0.15, 0.2) is 0 Å². The third kappa shape index (κ3) is 1.39. The number of aliphatic hydroxyl groups excluding tert-OH is 1. The molecule has 0 amide bonds. The van der Waals surface area contributed by atoms with E-state index in [9.17, 15) is 5.11 Å². The van der Waals surface area contributed by atoms with E-state index >= 15 is 0 Å². The molecule has 0 spiro atoms. The van der Waals surface area contributed by atoms with Gasteiger partial charge >= 0.3 is 0 Å². The maximum Gasteiger partial charge on any atom is 0.160 e. The summed E-state index contributed by atoms with van der Waals surface area (Å²) in [4.78, 5) is 0. The highest BCUT2D eigenvalue weighted by Crippen LogP contribution is 2.42. The first-order valence-corrected chi connectivity index (χ1v) is 5.23. The highest BCUT2D eigenvalue weighted by atomic mass is 16.6. The van der Waals surface area contributed by atoms with E-state index in [4.69, 9.17) is 9.47 Å². The second-order valence-electron chi connectivity index (χ2n) is 3.99. The first-order valence-electron chi connectivity index (χ1n) is 5.23. The van der Waals surface area contributed by atoms with Crippen molar-refractivity contribution < 1.29 is 14.6 Å². The van der Waals surface area contributed by atoms with E-state index in [0.717, 1.165) is 12.8 Å². The van der Waals surface area contributed by atoms with Gasteiger partial charge in [0, 0.05) is 11.8 Å². The predicted octanol–water partition coefficient (Wildman–Crippen LogP) is 1.15. The molecule has 5 unspecified atom stereocenters. The SMILES string of the molecule is CCC1OC(CC)C2C(O)OCC12. The number of ether oxygens (including phenoxy) is 2. The average molecular weight is 186 g/mol. The van der Waals surface area contributed by atoms with Crippen LogP contribution in [0.3, 0.4) is 0 Å². The van der Waals surface area contributed by atoms with Gasteiger partial charge < -0.3 is 14.6 Å². The quantitative estimate of drug-likeness (QED) is 0.703. The first kappa shape index (κ1) is 9.44. The standard InChI is InChI=1S/C10H18O3/c1-3-7-6-5-12-10(11)9(6)8(4-2)13-7/h6-11H,3-5H2,1-2H3. The number of rotatable bonds is 2. The van der Waals surface area contributed by atoms with Gasteiger partial charge in [0.15, 0.2) is 6.29 Å². The summed E-state index contributed by atoms with van der Waals surface area (Å²) in [5, 5.41) is 9.61. The summed E-state index contributed by atoms with van der Waals surface area (Å²) >= 11 is 0. The molecule has 0 saturated carbocycles. The molecule has 5 atom stereocenters. The molecule has 2 rings (SSSR count). The van der Waals surface area contributed by atoms with Crippen molar-refractivity contribution in [3.63, 3.8) is 0 Å². The largest absolute Gasteiger partial charge is 0.374 e. The van der Waals surface area contributed by atoms with Gasteiger partial charge in [0.1, 0.15) is 0 Å². The van der Waals surface area contributed by atoms with Crippen molar-refractivity contribution in [1.29, 1.82) is 0 Å². The summed E-state index contributed by atoms with van der Waals surface area (Å²) < 4.78 is 11.1. The zero-order chi connectivity index (χ0) is 9.42. The van der Waals surface area contributed by atoms with Crippen LogP contribution < -0.4 is 0 Å². The molecule has 0 aliphatic carbocycles. The fraction of sp³-hybridized carbons (Fsp3) is 1.00. The molecule has 3 nitrogen and oxygen atoms in total. The van der Waals surface area contributed by atoms with Gasteiger partial charge in [0.25, 0.3) is 0 Å². The van der Waals surface area contributed by atoms with Crippen LogP contribution in [0.5, 0.6) is 0 Å². The van der Waals surface area contributed by atoms with Crippen molar-refractivity contribution >= 4 is 0 Å². The van der Waals surface area contributed by atoms with Crippen LogP contribution in [0.4, 0.5) is 0 Å². The molecule has 76 valence electrons. The van der Waals surface area contributed by atoms with Crippen molar-refractivity contribution in [2.75, 3.05) is 6.61 Å². The molecule has 2 aliphatic heterocycles. The monoisotopic (exact) mass is 186 g/mol. The smallest absolute Gasteiger partial charge is 0.160 e. The highest BCUT2D eigenvalue weighted by Gasteiger charge is 2.50. The summed E-state index contributed by atoms with van der Waals surface area (Å²) in [6, 6.07) is 0. The fourth-order valence-electron chi connectivity index (χ4n) is 2.64. The average Bonchev–Trinajstić information content (AvgIpc) is 2.67. The van der Waals surface area contributed by atoms with E-state index in [1.807, 2.05) is 0 Å². The minimum Gasteiger partial charge on any atom is -0.374 e. The molecule has 2 aliphatic rings. The number of aliphatic hydroxyl groups is 1.